The maximum atomic E-state index is 13.6. The fourth-order valence-corrected chi connectivity index (χ4v) is 7.66. The number of rotatable bonds is 20. The number of nitrogens with one attached hydrogen (secondary N) is 3. The van der Waals surface area contributed by atoms with E-state index in [1.54, 1.807) is 44.2 Å². The number of aryl methyl sites for hydroxylation is 4. The molecule has 2 amide bonds. The summed E-state index contributed by atoms with van der Waals surface area (Å²) < 4.78 is 45.7. The number of methoxy groups -OCH3 is 1. The highest BCUT2D eigenvalue weighted by atomic mass is 32.2. The van der Waals surface area contributed by atoms with Crippen LogP contribution in [-0.2, 0) is 53.1 Å². The van der Waals surface area contributed by atoms with Gasteiger partial charge in [0.05, 0.1) is 30.7 Å². The van der Waals surface area contributed by atoms with E-state index in [0.717, 1.165) is 31.2 Å². The number of benzene rings is 2. The third-order valence-electron chi connectivity index (χ3n) is 8.69. The van der Waals surface area contributed by atoms with E-state index in [9.17, 15) is 27.6 Å². The van der Waals surface area contributed by atoms with Crippen LogP contribution in [0.5, 0.6) is 5.75 Å². The topological polar surface area (TPSA) is 179 Å². The molecule has 0 aliphatic carbocycles. The smallest absolute Gasteiger partial charge is 0.325 e. The Bertz CT molecular complexity index is 1930. The van der Waals surface area contributed by atoms with Gasteiger partial charge in [-0.2, -0.15) is 4.72 Å². The zero-order chi connectivity index (χ0) is 42.4. The second-order valence-electron chi connectivity index (χ2n) is 16.3. The summed E-state index contributed by atoms with van der Waals surface area (Å²) >= 11 is 0. The molecule has 13 nitrogen and oxygen atoms in total. The van der Waals surface area contributed by atoms with E-state index in [1.165, 1.54) is 0 Å². The first kappa shape index (κ1) is 46.6. The van der Waals surface area contributed by atoms with Gasteiger partial charge in [0.2, 0.25) is 15.9 Å². The molecule has 0 saturated carbocycles. The van der Waals surface area contributed by atoms with Gasteiger partial charge >= 0.3 is 11.9 Å². The lowest BCUT2D eigenvalue weighted by atomic mass is 9.91. The van der Waals surface area contributed by atoms with Crippen molar-refractivity contribution in [3.63, 3.8) is 0 Å². The van der Waals surface area contributed by atoms with Crippen molar-refractivity contribution in [3.8, 4) is 5.75 Å². The van der Waals surface area contributed by atoms with E-state index in [2.05, 4.69) is 41.1 Å². The molecule has 0 bridgehead atoms. The third kappa shape index (κ3) is 16.7. The Morgan fingerprint density at radius 1 is 0.842 bits per heavy atom. The number of pyridine rings is 1. The van der Waals surface area contributed by atoms with Crippen molar-refractivity contribution in [2.75, 3.05) is 26.8 Å². The van der Waals surface area contributed by atoms with Crippen LogP contribution in [0.15, 0.2) is 59.5 Å². The first-order valence-corrected chi connectivity index (χ1v) is 20.8. The zero-order valence-electron chi connectivity index (χ0n) is 34.9. The molecule has 3 rings (SSSR count). The summed E-state index contributed by atoms with van der Waals surface area (Å²) in [5, 5.41) is 5.56. The van der Waals surface area contributed by atoms with Crippen molar-refractivity contribution in [2.45, 2.75) is 117 Å². The lowest BCUT2D eigenvalue weighted by Gasteiger charge is -2.20. The van der Waals surface area contributed by atoms with Crippen molar-refractivity contribution in [2.24, 2.45) is 5.41 Å². The molecule has 0 spiro atoms. The second-order valence-corrected chi connectivity index (χ2v) is 18.0. The quantitative estimate of drug-likeness (QED) is 0.0945. The monoisotopic (exact) mass is 808 g/mol. The van der Waals surface area contributed by atoms with Crippen LogP contribution < -0.4 is 20.1 Å². The van der Waals surface area contributed by atoms with Crippen LogP contribution in [0.4, 0.5) is 0 Å². The number of sulfonamides is 1. The number of hydrogen-bond donors (Lipinski definition) is 3. The summed E-state index contributed by atoms with van der Waals surface area (Å²) in [6.45, 7) is 15.7. The molecule has 0 radical (unpaired) electrons. The van der Waals surface area contributed by atoms with Gasteiger partial charge in [0.15, 0.2) is 0 Å². The van der Waals surface area contributed by atoms with Crippen molar-refractivity contribution in [1.82, 2.24) is 20.3 Å². The molecular formula is C43H60N4O9S. The Labute approximate surface area is 338 Å². The van der Waals surface area contributed by atoms with Gasteiger partial charge in [0.1, 0.15) is 17.4 Å². The fraction of sp³-hybridized carbons (Fsp3) is 0.512. The van der Waals surface area contributed by atoms with Crippen LogP contribution in [-0.4, -0.2) is 75.6 Å². The van der Waals surface area contributed by atoms with Crippen molar-refractivity contribution >= 4 is 33.8 Å². The van der Waals surface area contributed by atoms with Gasteiger partial charge in [0, 0.05) is 30.8 Å². The number of esters is 2. The molecule has 2 aromatic carbocycles. The van der Waals surface area contributed by atoms with Gasteiger partial charge in [-0.15, -0.1) is 0 Å². The third-order valence-corrected chi connectivity index (χ3v) is 10.5. The van der Waals surface area contributed by atoms with Crippen molar-refractivity contribution in [1.29, 1.82) is 0 Å². The highest BCUT2D eigenvalue weighted by Crippen LogP contribution is 2.26. The highest BCUT2D eigenvalue weighted by molar-refractivity contribution is 7.89. The lowest BCUT2D eigenvalue weighted by molar-refractivity contribution is -0.154. The van der Waals surface area contributed by atoms with E-state index in [0.29, 0.717) is 60.4 Å². The normalized spacial score (nSPS) is 12.4. The first-order chi connectivity index (χ1) is 26.7. The van der Waals surface area contributed by atoms with E-state index >= 15 is 0 Å². The van der Waals surface area contributed by atoms with Crippen molar-refractivity contribution in [3.05, 3.63) is 88.2 Å². The largest absolute Gasteiger partial charge is 0.494 e. The van der Waals surface area contributed by atoms with Crippen LogP contribution in [0.3, 0.4) is 0 Å². The fourth-order valence-electron chi connectivity index (χ4n) is 6.02. The second kappa shape index (κ2) is 21.1. The average Bonchev–Trinajstić information content (AvgIpc) is 3.11. The number of hydrogen-bond acceptors (Lipinski definition) is 10. The first-order valence-electron chi connectivity index (χ1n) is 19.3. The van der Waals surface area contributed by atoms with Crippen molar-refractivity contribution < 1.29 is 41.8 Å². The van der Waals surface area contributed by atoms with Crippen LogP contribution in [0.1, 0.15) is 106 Å². The molecular weight excluding hydrogens is 749 g/mol. The molecule has 1 atom stereocenters. The molecule has 57 heavy (non-hydrogen) atoms. The minimum absolute atomic E-state index is 0.0229. The van der Waals surface area contributed by atoms with Crippen LogP contribution in [0.2, 0.25) is 0 Å². The number of ether oxygens (including phenoxy) is 3. The standard InChI is InChI=1S/C43H60N4O9S/c1-29-25-35(55-24-11-15-37(48)44-23-12-22-42(3,4)5)26-30(2)39(29)57(52,53)47-36(41(51)54-9)28-45-40(50)32-19-16-31(17-20-32)18-21-33-13-10-14-34(46-33)27-38(49)56-43(6,7)8/h10,13-14,16-17,19-20,25-26,36,47H,11-12,15,18,21-24,27-28H2,1-9H3,(H,44,48)(H,45,50). The van der Waals surface area contributed by atoms with Gasteiger partial charge in [0.25, 0.3) is 5.91 Å². The lowest BCUT2D eigenvalue weighted by Crippen LogP contribution is -2.49. The van der Waals surface area contributed by atoms with Gasteiger partial charge in [-0.05, 0) is 125 Å². The number of carbonyl (C=O) groups is 4. The molecule has 1 unspecified atom stereocenters. The van der Waals surface area contributed by atoms with Gasteiger partial charge in [-0.3, -0.25) is 24.2 Å². The molecule has 0 aliphatic rings. The summed E-state index contributed by atoms with van der Waals surface area (Å²) in [4.78, 5) is 54.7. The number of carbonyl (C=O) groups excluding carboxylic acids is 4. The molecule has 3 N–H and O–H groups in total. The van der Waals surface area contributed by atoms with E-state index in [4.69, 9.17) is 14.2 Å². The molecule has 14 heteroatoms. The summed E-state index contributed by atoms with van der Waals surface area (Å²) in [7, 11) is -3.12. The minimum atomic E-state index is -4.25. The van der Waals surface area contributed by atoms with E-state index in [-0.39, 0.29) is 41.8 Å². The predicted octanol–water partition coefficient (Wildman–Crippen LogP) is 5.72. The summed E-state index contributed by atoms with van der Waals surface area (Å²) in [6.07, 6.45) is 4.07. The summed E-state index contributed by atoms with van der Waals surface area (Å²) in [5.74, 6) is -1.29. The summed E-state index contributed by atoms with van der Waals surface area (Å²) in [5.41, 5.74) is 3.16. The Morgan fingerprint density at radius 3 is 2.11 bits per heavy atom. The Hall–Kier alpha value is -4.82. The summed E-state index contributed by atoms with van der Waals surface area (Å²) in [6, 6.07) is 14.2. The maximum Gasteiger partial charge on any atom is 0.325 e. The minimum Gasteiger partial charge on any atom is -0.494 e. The molecule has 0 fully saturated rings. The average molecular weight is 809 g/mol. The van der Waals surface area contributed by atoms with Crippen LogP contribution in [0.25, 0.3) is 0 Å². The van der Waals surface area contributed by atoms with Crippen LogP contribution in [0, 0.1) is 19.3 Å². The maximum absolute atomic E-state index is 13.6. The Kier molecular flexibility index (Phi) is 17.2. The number of amides is 2. The van der Waals surface area contributed by atoms with Gasteiger partial charge in [-0.25, -0.2) is 8.42 Å². The van der Waals surface area contributed by atoms with Crippen LogP contribution >= 0.6 is 0 Å². The number of aromatic nitrogens is 1. The molecule has 1 aromatic heterocycles. The molecule has 3 aromatic rings. The molecule has 312 valence electrons. The molecule has 0 saturated heterocycles. The Balaban J connectivity index is 1.53. The SMILES string of the molecule is COC(=O)C(CNC(=O)c1ccc(CCc2cccc(CC(=O)OC(C)(C)C)n2)cc1)NS(=O)(=O)c1c(C)cc(OCCCC(=O)NCCCC(C)(C)C)cc1C. The van der Waals surface area contributed by atoms with Gasteiger partial charge < -0.3 is 24.8 Å². The molecule has 1 heterocycles. The van der Waals surface area contributed by atoms with Gasteiger partial charge in [-0.1, -0.05) is 39.0 Å². The van der Waals surface area contributed by atoms with E-state index in [1.807, 2.05) is 45.0 Å². The predicted molar refractivity (Wildman–Crippen MR) is 218 cm³/mol. The molecule has 0 aliphatic heterocycles. The highest BCUT2D eigenvalue weighted by Gasteiger charge is 2.29. The zero-order valence-corrected chi connectivity index (χ0v) is 35.7. The Morgan fingerprint density at radius 2 is 1.49 bits per heavy atom. The number of nitrogens with zero attached hydrogens (tertiary/aromatic N) is 1. The van der Waals surface area contributed by atoms with E-state index < -0.39 is 33.5 Å².